The summed E-state index contributed by atoms with van der Waals surface area (Å²) in [5, 5.41) is 15.4. The Morgan fingerprint density at radius 1 is 1.15 bits per heavy atom. The van der Waals surface area contributed by atoms with Crippen molar-refractivity contribution in [3.63, 3.8) is 0 Å². The number of nitrogens with zero attached hydrogens (tertiary/aromatic N) is 1. The molecule has 2 N–H and O–H groups in total. The van der Waals surface area contributed by atoms with Gasteiger partial charge >= 0.3 is 0 Å². The van der Waals surface area contributed by atoms with E-state index in [1.807, 2.05) is 24.3 Å². The summed E-state index contributed by atoms with van der Waals surface area (Å²) < 4.78 is 0. The number of rotatable bonds is 2. The number of halogens is 1. The van der Waals surface area contributed by atoms with Crippen LogP contribution < -0.4 is 5.32 Å². The molecule has 1 aromatic carbocycles. The number of benzene rings is 1. The van der Waals surface area contributed by atoms with Crippen molar-refractivity contribution < 1.29 is 5.11 Å². The van der Waals surface area contributed by atoms with Crippen molar-refractivity contribution in [2.75, 3.05) is 5.32 Å². The van der Waals surface area contributed by atoms with Crippen molar-refractivity contribution in [2.24, 2.45) is 0 Å². The van der Waals surface area contributed by atoms with Gasteiger partial charge in [0.1, 0.15) is 0 Å². The second-order valence-electron chi connectivity index (χ2n) is 5.45. The lowest BCUT2D eigenvalue weighted by molar-refractivity contribution is 0.144. The molecule has 0 spiro atoms. The number of fused-ring (bicyclic) bond motifs is 1. The minimum absolute atomic E-state index is 0.101. The molecule has 0 aliphatic heterocycles. The first kappa shape index (κ1) is 13.7. The van der Waals surface area contributed by atoms with E-state index in [-0.39, 0.29) is 12.1 Å². The molecule has 1 fully saturated rings. The van der Waals surface area contributed by atoms with Gasteiger partial charge in [0.15, 0.2) is 0 Å². The number of aliphatic hydroxyl groups is 1. The summed E-state index contributed by atoms with van der Waals surface area (Å²) in [6.07, 6.45) is 6.83. The summed E-state index contributed by atoms with van der Waals surface area (Å²) >= 11 is 6.21. The molecule has 1 heterocycles. The van der Waals surface area contributed by atoms with Crippen LogP contribution in [0.2, 0.25) is 5.02 Å². The zero-order valence-corrected chi connectivity index (χ0v) is 12.1. The Labute approximate surface area is 124 Å². The predicted molar refractivity (Wildman–Crippen MR) is 83.3 cm³/mol. The monoisotopic (exact) mass is 290 g/mol. The highest BCUT2D eigenvalue weighted by Crippen LogP contribution is 2.30. The lowest BCUT2D eigenvalue weighted by Crippen LogP contribution is -2.32. The molecule has 4 heteroatoms. The van der Waals surface area contributed by atoms with Gasteiger partial charge in [-0.05, 0) is 37.1 Å². The van der Waals surface area contributed by atoms with Gasteiger partial charge in [-0.3, -0.25) is 4.98 Å². The highest BCUT2D eigenvalue weighted by molar-refractivity contribution is 6.35. The molecule has 20 heavy (non-hydrogen) atoms. The zero-order valence-electron chi connectivity index (χ0n) is 11.3. The molecule has 1 saturated carbocycles. The van der Waals surface area contributed by atoms with Crippen LogP contribution in [-0.4, -0.2) is 22.2 Å². The second-order valence-corrected chi connectivity index (χ2v) is 5.86. The van der Waals surface area contributed by atoms with Crippen molar-refractivity contribution in [3.05, 3.63) is 35.5 Å². The molecule has 1 aromatic heterocycles. The van der Waals surface area contributed by atoms with Crippen molar-refractivity contribution in [1.29, 1.82) is 0 Å². The quantitative estimate of drug-likeness (QED) is 0.822. The molecular weight excluding hydrogens is 272 g/mol. The minimum Gasteiger partial charge on any atom is -0.391 e. The first-order valence-corrected chi connectivity index (χ1v) is 7.61. The van der Waals surface area contributed by atoms with Crippen molar-refractivity contribution in [3.8, 4) is 0 Å². The first-order chi connectivity index (χ1) is 9.75. The van der Waals surface area contributed by atoms with Crippen LogP contribution in [0.1, 0.15) is 32.1 Å². The third-order valence-electron chi connectivity index (χ3n) is 4.04. The number of pyridine rings is 1. The highest BCUT2D eigenvalue weighted by atomic mass is 35.5. The largest absolute Gasteiger partial charge is 0.391 e. The van der Waals surface area contributed by atoms with E-state index in [1.165, 1.54) is 6.42 Å². The van der Waals surface area contributed by atoms with Gasteiger partial charge in [-0.15, -0.1) is 0 Å². The second kappa shape index (κ2) is 5.98. The van der Waals surface area contributed by atoms with E-state index in [0.717, 1.165) is 42.3 Å². The Balaban J connectivity index is 1.92. The average Bonchev–Trinajstić information content (AvgIpc) is 2.67. The van der Waals surface area contributed by atoms with E-state index in [9.17, 15) is 5.11 Å². The molecule has 2 unspecified atom stereocenters. The Morgan fingerprint density at radius 2 is 2.00 bits per heavy atom. The van der Waals surface area contributed by atoms with Crippen LogP contribution in [0.25, 0.3) is 10.9 Å². The van der Waals surface area contributed by atoms with Gasteiger partial charge in [-0.25, -0.2) is 0 Å². The lowest BCUT2D eigenvalue weighted by atomic mass is 10.1. The highest BCUT2D eigenvalue weighted by Gasteiger charge is 2.22. The zero-order chi connectivity index (χ0) is 13.9. The SMILES string of the molecule is OC1CCCCCC1Nc1ccc(Cl)c2cccnc12. The van der Waals surface area contributed by atoms with Gasteiger partial charge in [0, 0.05) is 11.6 Å². The number of hydrogen-bond donors (Lipinski definition) is 2. The minimum atomic E-state index is -0.285. The third-order valence-corrected chi connectivity index (χ3v) is 4.37. The smallest absolute Gasteiger partial charge is 0.0948 e. The van der Waals surface area contributed by atoms with Crippen molar-refractivity contribution >= 4 is 28.2 Å². The van der Waals surface area contributed by atoms with Crippen molar-refractivity contribution in [2.45, 2.75) is 44.2 Å². The number of nitrogens with one attached hydrogen (secondary N) is 1. The Kier molecular flexibility index (Phi) is 4.08. The molecular formula is C16H19ClN2O. The number of hydrogen-bond acceptors (Lipinski definition) is 3. The predicted octanol–water partition coefficient (Wildman–Crippen LogP) is 3.99. The standard InChI is InChI=1S/C16H19ClN2O/c17-12-8-9-14(16-11(12)5-4-10-18-16)19-13-6-2-1-3-7-15(13)20/h4-5,8-10,13,15,19-20H,1-3,6-7H2. The number of aliphatic hydroxyl groups excluding tert-OH is 1. The van der Waals surface area contributed by atoms with E-state index in [1.54, 1.807) is 6.20 Å². The van der Waals surface area contributed by atoms with E-state index in [4.69, 9.17) is 11.6 Å². The summed E-state index contributed by atoms with van der Waals surface area (Å²) in [6.45, 7) is 0. The molecule has 0 bridgehead atoms. The molecule has 3 rings (SSSR count). The summed E-state index contributed by atoms with van der Waals surface area (Å²) in [5.74, 6) is 0. The summed E-state index contributed by atoms with van der Waals surface area (Å²) in [6, 6.07) is 7.80. The first-order valence-electron chi connectivity index (χ1n) is 7.23. The maximum atomic E-state index is 10.2. The number of aromatic nitrogens is 1. The number of anilines is 1. The molecule has 1 aliphatic rings. The van der Waals surface area contributed by atoms with Crippen LogP contribution >= 0.6 is 11.6 Å². The van der Waals surface area contributed by atoms with Gasteiger partial charge in [-0.2, -0.15) is 0 Å². The molecule has 2 aromatic rings. The Bertz CT molecular complexity index is 602. The topological polar surface area (TPSA) is 45.1 Å². The van der Waals surface area contributed by atoms with E-state index >= 15 is 0 Å². The van der Waals surface area contributed by atoms with Gasteiger partial charge in [0.2, 0.25) is 0 Å². The average molecular weight is 291 g/mol. The summed E-state index contributed by atoms with van der Waals surface area (Å²) in [4.78, 5) is 4.43. The fourth-order valence-electron chi connectivity index (χ4n) is 2.91. The summed E-state index contributed by atoms with van der Waals surface area (Å²) in [5.41, 5.74) is 1.83. The van der Waals surface area contributed by atoms with Gasteiger partial charge in [0.05, 0.1) is 28.4 Å². The summed E-state index contributed by atoms with van der Waals surface area (Å²) in [7, 11) is 0. The molecule has 0 saturated heterocycles. The van der Waals surface area contributed by atoms with Crippen LogP contribution in [-0.2, 0) is 0 Å². The molecule has 2 atom stereocenters. The fourth-order valence-corrected chi connectivity index (χ4v) is 3.13. The molecule has 0 amide bonds. The van der Waals surface area contributed by atoms with Crippen LogP contribution in [0.5, 0.6) is 0 Å². The van der Waals surface area contributed by atoms with Gasteiger partial charge in [-0.1, -0.05) is 30.9 Å². The molecule has 106 valence electrons. The Morgan fingerprint density at radius 3 is 2.90 bits per heavy atom. The van der Waals surface area contributed by atoms with E-state index < -0.39 is 0 Å². The van der Waals surface area contributed by atoms with Crippen LogP contribution in [0, 0.1) is 0 Å². The third kappa shape index (κ3) is 2.74. The Hall–Kier alpha value is -1.32. The maximum absolute atomic E-state index is 10.2. The molecule has 3 nitrogen and oxygen atoms in total. The normalized spacial score (nSPS) is 23.5. The molecule has 0 radical (unpaired) electrons. The van der Waals surface area contributed by atoms with Gasteiger partial charge < -0.3 is 10.4 Å². The van der Waals surface area contributed by atoms with Crippen LogP contribution in [0.4, 0.5) is 5.69 Å². The van der Waals surface area contributed by atoms with E-state index in [2.05, 4.69) is 10.3 Å². The maximum Gasteiger partial charge on any atom is 0.0948 e. The van der Waals surface area contributed by atoms with Gasteiger partial charge in [0.25, 0.3) is 0 Å². The van der Waals surface area contributed by atoms with Crippen LogP contribution in [0.15, 0.2) is 30.5 Å². The van der Waals surface area contributed by atoms with Crippen LogP contribution in [0.3, 0.4) is 0 Å². The van der Waals surface area contributed by atoms with Crippen molar-refractivity contribution in [1.82, 2.24) is 4.98 Å². The fraction of sp³-hybridized carbons (Fsp3) is 0.438. The molecule has 1 aliphatic carbocycles. The lowest BCUT2D eigenvalue weighted by Gasteiger charge is -2.23. The van der Waals surface area contributed by atoms with E-state index in [0.29, 0.717) is 5.02 Å².